The number of hydrogen-bond donors (Lipinski definition) is 1. The molecular weight excluding hydrogens is 319 g/mol. The molecule has 3 rings (SSSR count). The Hall–Kier alpha value is -1.42. The van der Waals surface area contributed by atoms with Crippen LogP contribution < -0.4 is 5.32 Å². The first kappa shape index (κ1) is 13.6. The van der Waals surface area contributed by atoms with Crippen molar-refractivity contribution < 1.29 is 4.42 Å². The maximum absolute atomic E-state index is 6.06. The molecule has 0 saturated carbocycles. The molecule has 0 atom stereocenters. The highest BCUT2D eigenvalue weighted by Gasteiger charge is 2.10. The van der Waals surface area contributed by atoms with Crippen LogP contribution in [0.25, 0.3) is 11.1 Å². The molecule has 0 aliphatic carbocycles. The highest BCUT2D eigenvalue weighted by molar-refractivity contribution is 6.37. The largest absolute Gasteiger partial charge is 0.437 e. The number of fused-ring (bicyclic) bond motifs is 1. The maximum atomic E-state index is 6.06. The monoisotopic (exact) mass is 326 g/mol. The molecule has 1 aromatic heterocycles. The second-order valence-corrected chi connectivity index (χ2v) is 5.49. The van der Waals surface area contributed by atoms with Crippen molar-refractivity contribution in [2.24, 2.45) is 0 Å². The molecule has 0 fully saturated rings. The van der Waals surface area contributed by atoms with Crippen LogP contribution in [0.2, 0.25) is 15.1 Å². The van der Waals surface area contributed by atoms with Gasteiger partial charge in [-0.25, -0.2) is 4.98 Å². The molecule has 0 aliphatic rings. The Morgan fingerprint density at radius 3 is 2.70 bits per heavy atom. The highest BCUT2D eigenvalue weighted by atomic mass is 35.5. The zero-order valence-corrected chi connectivity index (χ0v) is 12.4. The van der Waals surface area contributed by atoms with Gasteiger partial charge in [0.15, 0.2) is 5.58 Å². The Labute approximate surface area is 130 Å². The van der Waals surface area contributed by atoms with Gasteiger partial charge in [-0.3, -0.25) is 0 Å². The van der Waals surface area contributed by atoms with Crippen LogP contribution in [0, 0.1) is 0 Å². The van der Waals surface area contributed by atoms with E-state index in [9.17, 15) is 0 Å². The van der Waals surface area contributed by atoms with Gasteiger partial charge in [-0.05, 0) is 30.3 Å². The fourth-order valence-corrected chi connectivity index (χ4v) is 2.57. The molecule has 102 valence electrons. The van der Waals surface area contributed by atoms with Crippen molar-refractivity contribution in [1.29, 1.82) is 0 Å². The van der Waals surface area contributed by atoms with Crippen molar-refractivity contribution in [2.45, 2.75) is 6.54 Å². The second kappa shape index (κ2) is 5.52. The van der Waals surface area contributed by atoms with E-state index in [0.717, 1.165) is 5.69 Å². The standard InChI is InChI=1S/C14H9Cl3N2O/c15-8-2-1-3-10(4-8)18-7-13-19-12-6-9(16)5-11(17)14(12)20-13/h1-6,18H,7H2. The van der Waals surface area contributed by atoms with Gasteiger partial charge in [0.05, 0.1) is 11.6 Å². The summed E-state index contributed by atoms with van der Waals surface area (Å²) in [6.07, 6.45) is 0. The van der Waals surface area contributed by atoms with Gasteiger partial charge in [-0.15, -0.1) is 0 Å². The number of nitrogens with zero attached hydrogens (tertiary/aromatic N) is 1. The van der Waals surface area contributed by atoms with Crippen molar-refractivity contribution in [3.63, 3.8) is 0 Å². The van der Waals surface area contributed by atoms with Crippen molar-refractivity contribution in [2.75, 3.05) is 5.32 Å². The Morgan fingerprint density at radius 2 is 1.90 bits per heavy atom. The predicted octanol–water partition coefficient (Wildman–Crippen LogP) is 5.40. The molecule has 0 aliphatic heterocycles. The number of benzene rings is 2. The first-order chi connectivity index (χ1) is 9.61. The smallest absolute Gasteiger partial charge is 0.214 e. The van der Waals surface area contributed by atoms with E-state index in [1.165, 1.54) is 0 Å². The molecule has 3 aromatic rings. The Morgan fingerprint density at radius 1 is 1.05 bits per heavy atom. The minimum Gasteiger partial charge on any atom is -0.437 e. The van der Waals surface area contributed by atoms with Crippen LogP contribution in [-0.2, 0) is 6.54 Å². The third-order valence-corrected chi connectivity index (χ3v) is 3.46. The normalized spacial score (nSPS) is 10.9. The Bertz CT molecular complexity index is 770. The summed E-state index contributed by atoms with van der Waals surface area (Å²) < 4.78 is 5.61. The van der Waals surface area contributed by atoms with E-state index in [4.69, 9.17) is 39.2 Å². The minimum absolute atomic E-state index is 0.434. The van der Waals surface area contributed by atoms with E-state index in [1.807, 2.05) is 24.3 Å². The third kappa shape index (κ3) is 2.85. The van der Waals surface area contributed by atoms with Gasteiger partial charge in [-0.2, -0.15) is 0 Å². The Kier molecular flexibility index (Phi) is 3.74. The summed E-state index contributed by atoms with van der Waals surface area (Å²) in [5, 5.41) is 4.83. The summed E-state index contributed by atoms with van der Waals surface area (Å²) in [5.41, 5.74) is 2.08. The van der Waals surface area contributed by atoms with Crippen LogP contribution >= 0.6 is 34.8 Å². The summed E-state index contributed by atoms with van der Waals surface area (Å²) in [6.45, 7) is 0.434. The minimum atomic E-state index is 0.434. The van der Waals surface area contributed by atoms with Crippen LogP contribution in [0.5, 0.6) is 0 Å². The fraction of sp³-hybridized carbons (Fsp3) is 0.0714. The molecular formula is C14H9Cl3N2O. The number of nitrogens with one attached hydrogen (secondary N) is 1. The molecule has 1 N–H and O–H groups in total. The molecule has 0 radical (unpaired) electrons. The molecule has 0 amide bonds. The van der Waals surface area contributed by atoms with E-state index in [0.29, 0.717) is 38.6 Å². The number of oxazole rings is 1. The van der Waals surface area contributed by atoms with Crippen LogP contribution in [0.1, 0.15) is 5.89 Å². The van der Waals surface area contributed by atoms with Crippen molar-refractivity contribution in [1.82, 2.24) is 4.98 Å². The molecule has 1 heterocycles. The van der Waals surface area contributed by atoms with E-state index in [-0.39, 0.29) is 0 Å². The lowest BCUT2D eigenvalue weighted by atomic mass is 10.3. The predicted molar refractivity (Wildman–Crippen MR) is 82.8 cm³/mol. The van der Waals surface area contributed by atoms with Crippen LogP contribution in [0.3, 0.4) is 0 Å². The molecule has 2 aromatic carbocycles. The molecule has 3 nitrogen and oxygen atoms in total. The lowest BCUT2D eigenvalue weighted by molar-refractivity contribution is 0.540. The molecule has 6 heteroatoms. The fourth-order valence-electron chi connectivity index (χ4n) is 1.86. The van der Waals surface area contributed by atoms with Gasteiger partial charge < -0.3 is 9.73 Å². The van der Waals surface area contributed by atoms with Gasteiger partial charge in [0.25, 0.3) is 0 Å². The average Bonchev–Trinajstić information content (AvgIpc) is 2.80. The van der Waals surface area contributed by atoms with E-state index >= 15 is 0 Å². The zero-order valence-electron chi connectivity index (χ0n) is 10.2. The van der Waals surface area contributed by atoms with Crippen LogP contribution in [0.15, 0.2) is 40.8 Å². The average molecular weight is 328 g/mol. The van der Waals surface area contributed by atoms with Gasteiger partial charge in [0.1, 0.15) is 5.52 Å². The number of anilines is 1. The van der Waals surface area contributed by atoms with Crippen LogP contribution in [0.4, 0.5) is 5.69 Å². The zero-order chi connectivity index (χ0) is 14.1. The lowest BCUT2D eigenvalue weighted by Gasteiger charge is -2.03. The van der Waals surface area contributed by atoms with Crippen molar-refractivity contribution in [3.05, 3.63) is 57.4 Å². The van der Waals surface area contributed by atoms with Gasteiger partial charge in [0.2, 0.25) is 5.89 Å². The quantitative estimate of drug-likeness (QED) is 0.700. The number of rotatable bonds is 3. The summed E-state index contributed by atoms with van der Waals surface area (Å²) >= 11 is 17.9. The number of hydrogen-bond acceptors (Lipinski definition) is 3. The topological polar surface area (TPSA) is 38.1 Å². The SMILES string of the molecule is Clc1cccc(NCc2nc3cc(Cl)cc(Cl)c3o2)c1. The van der Waals surface area contributed by atoms with E-state index in [2.05, 4.69) is 10.3 Å². The van der Waals surface area contributed by atoms with Gasteiger partial charge in [0, 0.05) is 15.7 Å². The summed E-state index contributed by atoms with van der Waals surface area (Å²) in [7, 11) is 0. The second-order valence-electron chi connectivity index (χ2n) is 4.21. The Balaban J connectivity index is 1.83. The van der Waals surface area contributed by atoms with Crippen molar-refractivity contribution in [3.8, 4) is 0 Å². The van der Waals surface area contributed by atoms with Crippen molar-refractivity contribution >= 4 is 51.6 Å². The van der Waals surface area contributed by atoms with E-state index in [1.54, 1.807) is 12.1 Å². The molecule has 0 unspecified atom stereocenters. The summed E-state index contributed by atoms with van der Waals surface area (Å²) in [4.78, 5) is 4.34. The third-order valence-electron chi connectivity index (χ3n) is 2.72. The maximum Gasteiger partial charge on any atom is 0.214 e. The molecule has 0 bridgehead atoms. The van der Waals surface area contributed by atoms with E-state index < -0.39 is 0 Å². The first-order valence-electron chi connectivity index (χ1n) is 5.86. The lowest BCUT2D eigenvalue weighted by Crippen LogP contribution is -1.99. The molecule has 20 heavy (non-hydrogen) atoms. The molecule has 0 saturated heterocycles. The summed E-state index contributed by atoms with van der Waals surface area (Å²) in [6, 6.07) is 10.8. The van der Waals surface area contributed by atoms with Gasteiger partial charge >= 0.3 is 0 Å². The first-order valence-corrected chi connectivity index (χ1v) is 6.99. The number of aromatic nitrogens is 1. The van der Waals surface area contributed by atoms with Crippen LogP contribution in [-0.4, -0.2) is 4.98 Å². The van der Waals surface area contributed by atoms with Gasteiger partial charge in [-0.1, -0.05) is 40.9 Å². The summed E-state index contributed by atoms with van der Waals surface area (Å²) in [5.74, 6) is 0.532. The molecule has 0 spiro atoms. The number of halogens is 3. The highest BCUT2D eigenvalue weighted by Crippen LogP contribution is 2.28.